The first-order valence-corrected chi connectivity index (χ1v) is 19.8. The average molecular weight is 739 g/mol. The minimum Gasteiger partial charge on any atom is -0.508 e. The van der Waals surface area contributed by atoms with Gasteiger partial charge in [-0.25, -0.2) is 0 Å². The zero-order valence-electron chi connectivity index (χ0n) is 31.3. The van der Waals surface area contributed by atoms with Gasteiger partial charge >= 0.3 is 0 Å². The van der Waals surface area contributed by atoms with Gasteiger partial charge in [0.2, 0.25) is 0 Å². The standard InChI is InChI=1S/C42H58O11/c1-22-36(49)42(24-6-9-37(22,2)10-7-24)40(50,12-14-44)35-31(53-42)21-41(51)28-19-29(47)33-32(23-16-25(45)18-26(46)17-23)34(48)30(52-15-5-13-43)20-38(33,3)27(28)8-11-39(35,41)4/h6,9,16-19,22,24,27,30-36,43-46,48-51H,5,7-8,10-15,20-21H2,1-4H3. The van der Waals surface area contributed by atoms with E-state index in [2.05, 4.69) is 19.1 Å². The fraction of sp³-hybridized carbons (Fsp3) is 0.738. The summed E-state index contributed by atoms with van der Waals surface area (Å²) in [5.74, 6) is -3.78. The van der Waals surface area contributed by atoms with Crippen LogP contribution in [0.5, 0.6) is 11.5 Å². The molecule has 0 radical (unpaired) electrons. The molecule has 1 spiro atoms. The van der Waals surface area contributed by atoms with E-state index in [0.29, 0.717) is 36.8 Å². The number of ether oxygens (including phenoxy) is 2. The predicted octanol–water partition coefficient (Wildman–Crippen LogP) is 3.25. The van der Waals surface area contributed by atoms with Gasteiger partial charge < -0.3 is 50.3 Å². The number of aliphatic hydroxyl groups is 6. The molecule has 16 unspecified atom stereocenters. The summed E-state index contributed by atoms with van der Waals surface area (Å²) in [5.41, 5.74) is -5.75. The zero-order chi connectivity index (χ0) is 38.1. The SMILES string of the molecule is CC1C(O)C2(OC3CC4(O)C5=CC(=O)C6C(c7cc(O)cc(O)c7)C(O)C(OCCCO)CC6(C)C5CCC4(C)C3C2(O)CCO)C2C=CC1(C)CC2. The van der Waals surface area contributed by atoms with E-state index in [-0.39, 0.29) is 73.1 Å². The summed E-state index contributed by atoms with van der Waals surface area (Å²) in [6.45, 7) is 7.90. The van der Waals surface area contributed by atoms with E-state index in [4.69, 9.17) is 9.47 Å². The highest BCUT2D eigenvalue weighted by atomic mass is 16.6. The van der Waals surface area contributed by atoms with E-state index in [1.165, 1.54) is 18.2 Å². The minimum absolute atomic E-state index is 0.0327. The van der Waals surface area contributed by atoms with Crippen molar-refractivity contribution in [3.05, 3.63) is 47.6 Å². The number of hydrogen-bond acceptors (Lipinski definition) is 11. The first-order chi connectivity index (χ1) is 25.0. The number of carbonyl (C=O) groups is 1. The van der Waals surface area contributed by atoms with Gasteiger partial charge in [0.05, 0.1) is 30.0 Å². The summed E-state index contributed by atoms with van der Waals surface area (Å²) >= 11 is 0. The van der Waals surface area contributed by atoms with Gasteiger partial charge in [-0.2, -0.15) is 0 Å². The van der Waals surface area contributed by atoms with E-state index < -0.39 is 69.8 Å². The van der Waals surface area contributed by atoms with E-state index in [0.717, 1.165) is 12.8 Å². The lowest BCUT2D eigenvalue weighted by Gasteiger charge is -2.62. The smallest absolute Gasteiger partial charge is 0.160 e. The Hall–Kier alpha value is -2.35. The van der Waals surface area contributed by atoms with Crippen molar-refractivity contribution in [2.45, 2.75) is 126 Å². The maximum Gasteiger partial charge on any atom is 0.160 e. The van der Waals surface area contributed by atoms with Crippen molar-refractivity contribution in [3.8, 4) is 11.5 Å². The third-order valence-corrected chi connectivity index (χ3v) is 16.3. The zero-order valence-corrected chi connectivity index (χ0v) is 31.3. The van der Waals surface area contributed by atoms with Crippen LogP contribution >= 0.6 is 0 Å². The van der Waals surface area contributed by atoms with E-state index in [9.17, 15) is 45.6 Å². The van der Waals surface area contributed by atoms with Crippen LogP contribution in [0.15, 0.2) is 42.0 Å². The quantitative estimate of drug-likeness (QED) is 0.151. The number of aromatic hydroxyl groups is 2. The monoisotopic (exact) mass is 738 g/mol. The molecule has 0 aromatic heterocycles. The Labute approximate surface area is 311 Å². The summed E-state index contributed by atoms with van der Waals surface area (Å²) in [7, 11) is 0. The van der Waals surface area contributed by atoms with Gasteiger partial charge in [-0.1, -0.05) is 39.8 Å². The first kappa shape index (κ1) is 37.6. The fourth-order valence-corrected chi connectivity index (χ4v) is 13.7. The molecule has 16 atom stereocenters. The van der Waals surface area contributed by atoms with Crippen LogP contribution in [0.2, 0.25) is 0 Å². The van der Waals surface area contributed by atoms with Gasteiger partial charge in [-0.15, -0.1) is 0 Å². The molecule has 1 saturated heterocycles. The fourth-order valence-electron chi connectivity index (χ4n) is 13.7. The molecule has 292 valence electrons. The molecule has 9 rings (SSSR count). The molecule has 1 heterocycles. The average Bonchev–Trinajstić information content (AvgIpc) is 3.43. The number of phenolic OH excluding ortho intramolecular Hbond substituents is 2. The van der Waals surface area contributed by atoms with Crippen LogP contribution in [-0.2, 0) is 14.3 Å². The van der Waals surface area contributed by atoms with Crippen molar-refractivity contribution in [1.29, 1.82) is 0 Å². The molecule has 1 aliphatic heterocycles. The third-order valence-electron chi connectivity index (χ3n) is 16.3. The van der Waals surface area contributed by atoms with E-state index in [1.807, 2.05) is 20.8 Å². The van der Waals surface area contributed by atoms with Crippen molar-refractivity contribution < 1.29 is 55.1 Å². The highest BCUT2D eigenvalue weighted by Gasteiger charge is 2.81. The Morgan fingerprint density at radius 3 is 2.32 bits per heavy atom. The molecule has 1 aromatic carbocycles. The second-order valence-corrected chi connectivity index (χ2v) is 18.6. The van der Waals surface area contributed by atoms with Crippen molar-refractivity contribution in [2.75, 3.05) is 19.8 Å². The van der Waals surface area contributed by atoms with E-state index in [1.54, 1.807) is 6.08 Å². The van der Waals surface area contributed by atoms with Crippen LogP contribution in [0.1, 0.15) is 90.5 Å². The number of allylic oxidation sites excluding steroid dienone is 2. The Bertz CT molecular complexity index is 1690. The number of benzene rings is 1. The highest BCUT2D eigenvalue weighted by Crippen LogP contribution is 2.75. The molecular weight excluding hydrogens is 680 g/mol. The van der Waals surface area contributed by atoms with Gasteiger partial charge in [-0.05, 0) is 90.5 Å². The number of carbonyl (C=O) groups excluding carboxylic acids is 1. The summed E-state index contributed by atoms with van der Waals surface area (Å²) in [6.07, 6.45) is 5.53. The van der Waals surface area contributed by atoms with Crippen LogP contribution < -0.4 is 0 Å². The summed E-state index contributed by atoms with van der Waals surface area (Å²) < 4.78 is 13.3. The number of rotatable bonds is 7. The van der Waals surface area contributed by atoms with Crippen LogP contribution in [0.3, 0.4) is 0 Å². The topological polar surface area (TPSA) is 197 Å². The summed E-state index contributed by atoms with van der Waals surface area (Å²) in [5, 5.41) is 91.6. The Balaban J connectivity index is 1.22. The molecule has 2 bridgehead atoms. The lowest BCUT2D eigenvalue weighted by atomic mass is 9.43. The normalized spacial score (nSPS) is 51.1. The van der Waals surface area contributed by atoms with Crippen molar-refractivity contribution in [1.82, 2.24) is 0 Å². The maximum atomic E-state index is 14.7. The molecule has 0 amide bonds. The second kappa shape index (κ2) is 12.3. The highest BCUT2D eigenvalue weighted by molar-refractivity contribution is 5.96. The first-order valence-electron chi connectivity index (χ1n) is 19.8. The van der Waals surface area contributed by atoms with Gasteiger partial charge in [-0.3, -0.25) is 4.79 Å². The Morgan fingerprint density at radius 2 is 1.68 bits per heavy atom. The third kappa shape index (κ3) is 4.78. The van der Waals surface area contributed by atoms with Crippen LogP contribution in [-0.4, -0.2) is 108 Å². The van der Waals surface area contributed by atoms with Gasteiger partial charge in [0.1, 0.15) is 22.7 Å². The number of phenols is 2. The summed E-state index contributed by atoms with van der Waals surface area (Å²) in [4.78, 5) is 14.7. The molecule has 1 aromatic rings. The molecule has 53 heavy (non-hydrogen) atoms. The van der Waals surface area contributed by atoms with E-state index >= 15 is 0 Å². The van der Waals surface area contributed by atoms with Crippen molar-refractivity contribution >= 4 is 5.78 Å². The largest absolute Gasteiger partial charge is 0.508 e. The molecule has 11 nitrogen and oxygen atoms in total. The molecule has 7 aliphatic carbocycles. The number of aliphatic hydroxyl groups excluding tert-OH is 4. The van der Waals surface area contributed by atoms with Crippen molar-refractivity contribution in [2.24, 2.45) is 45.8 Å². The molecule has 5 fully saturated rings. The molecule has 8 N–H and O–H groups in total. The Kier molecular flexibility index (Phi) is 8.74. The van der Waals surface area contributed by atoms with Crippen LogP contribution in [0.25, 0.3) is 0 Å². The van der Waals surface area contributed by atoms with Gasteiger partial charge in [0, 0.05) is 67.8 Å². The lowest BCUT2D eigenvalue weighted by Crippen LogP contribution is -2.69. The predicted molar refractivity (Wildman–Crippen MR) is 193 cm³/mol. The minimum atomic E-state index is -1.69. The molecule has 11 heteroatoms. The number of ketones is 1. The Morgan fingerprint density at radius 1 is 0.962 bits per heavy atom. The van der Waals surface area contributed by atoms with Gasteiger partial charge in [0.25, 0.3) is 0 Å². The molecule has 4 saturated carbocycles. The number of fused-ring (bicyclic) bond motifs is 9. The lowest BCUT2D eigenvalue weighted by molar-refractivity contribution is -0.244. The number of hydrogen-bond donors (Lipinski definition) is 8. The van der Waals surface area contributed by atoms with Crippen LogP contribution in [0.4, 0.5) is 0 Å². The van der Waals surface area contributed by atoms with Crippen molar-refractivity contribution in [3.63, 3.8) is 0 Å². The summed E-state index contributed by atoms with van der Waals surface area (Å²) in [6, 6.07) is 4.11. The van der Waals surface area contributed by atoms with Crippen LogP contribution in [0, 0.1) is 45.8 Å². The molecule has 8 aliphatic rings. The second-order valence-electron chi connectivity index (χ2n) is 18.6. The molecular formula is C42H58O11. The van der Waals surface area contributed by atoms with Gasteiger partial charge in [0.15, 0.2) is 5.78 Å². The maximum absolute atomic E-state index is 14.7.